The molecule has 0 aromatic carbocycles. The smallest absolute Gasteiger partial charge is 0.328 e. The highest BCUT2D eigenvalue weighted by Gasteiger charge is 2.38. The Morgan fingerprint density at radius 2 is 2.04 bits per heavy atom. The topological polar surface area (TPSA) is 75.6 Å². The number of aliphatic hydroxyl groups is 1. The second-order valence-electron chi connectivity index (χ2n) is 7.46. The zero-order valence-corrected chi connectivity index (χ0v) is 14.8. The third kappa shape index (κ3) is 3.80. The summed E-state index contributed by atoms with van der Waals surface area (Å²) >= 11 is 0. The van der Waals surface area contributed by atoms with E-state index in [0.29, 0.717) is 18.8 Å². The van der Waals surface area contributed by atoms with E-state index in [9.17, 15) is 9.90 Å². The van der Waals surface area contributed by atoms with E-state index >= 15 is 0 Å². The molecule has 0 unspecified atom stereocenters. The first-order valence-corrected chi connectivity index (χ1v) is 8.05. The molecule has 2 heterocycles. The van der Waals surface area contributed by atoms with Gasteiger partial charge >= 0.3 is 5.97 Å². The van der Waals surface area contributed by atoms with E-state index < -0.39 is 12.1 Å². The molecule has 1 fully saturated rings. The summed E-state index contributed by atoms with van der Waals surface area (Å²) in [5.41, 5.74) is 0.802. The van der Waals surface area contributed by atoms with Crippen molar-refractivity contribution in [1.82, 2.24) is 9.97 Å². The van der Waals surface area contributed by atoms with E-state index in [1.54, 1.807) is 0 Å². The predicted octanol–water partition coefficient (Wildman–Crippen LogP) is 2.01. The standard InChI is InChI=1S/C17H27N3O3/c1-10(2)15-18-13(17(3,4)5)8-14(19-15)20-9-11(21)7-12(20)16(22)23-6/h8,10-12,21H,7,9H2,1-6H3/t11-,12+/m1/s1. The van der Waals surface area contributed by atoms with Crippen LogP contribution in [0, 0.1) is 0 Å². The van der Waals surface area contributed by atoms with Gasteiger partial charge in [-0.3, -0.25) is 0 Å². The highest BCUT2D eigenvalue weighted by Crippen LogP contribution is 2.30. The van der Waals surface area contributed by atoms with Crippen molar-refractivity contribution in [3.05, 3.63) is 17.6 Å². The molecule has 0 bridgehead atoms. The second-order valence-corrected chi connectivity index (χ2v) is 7.46. The molecule has 0 spiro atoms. The van der Waals surface area contributed by atoms with Gasteiger partial charge in [-0.15, -0.1) is 0 Å². The normalized spacial score (nSPS) is 21.8. The number of anilines is 1. The molecule has 2 rings (SSSR count). The minimum atomic E-state index is -0.561. The van der Waals surface area contributed by atoms with Gasteiger partial charge in [0, 0.05) is 30.4 Å². The van der Waals surface area contributed by atoms with Gasteiger partial charge in [0.2, 0.25) is 0 Å². The maximum absolute atomic E-state index is 12.0. The Labute approximate surface area is 137 Å². The van der Waals surface area contributed by atoms with Crippen molar-refractivity contribution in [3.63, 3.8) is 0 Å². The van der Waals surface area contributed by atoms with Gasteiger partial charge in [0.1, 0.15) is 17.7 Å². The van der Waals surface area contributed by atoms with Gasteiger partial charge in [-0.1, -0.05) is 34.6 Å². The molecule has 0 amide bonds. The minimum Gasteiger partial charge on any atom is -0.467 e. The number of ether oxygens (including phenoxy) is 1. The van der Waals surface area contributed by atoms with Crippen molar-refractivity contribution in [3.8, 4) is 0 Å². The zero-order chi connectivity index (χ0) is 17.4. The number of carbonyl (C=O) groups excluding carboxylic acids is 1. The quantitative estimate of drug-likeness (QED) is 0.858. The Morgan fingerprint density at radius 1 is 1.39 bits per heavy atom. The number of hydrogen-bond donors (Lipinski definition) is 1. The number of esters is 1. The molecule has 23 heavy (non-hydrogen) atoms. The van der Waals surface area contributed by atoms with Crippen LogP contribution in [0.2, 0.25) is 0 Å². The molecule has 1 saturated heterocycles. The maximum atomic E-state index is 12.0. The van der Waals surface area contributed by atoms with Crippen molar-refractivity contribution >= 4 is 11.8 Å². The largest absolute Gasteiger partial charge is 0.467 e. The lowest BCUT2D eigenvalue weighted by molar-refractivity contribution is -0.142. The van der Waals surface area contributed by atoms with Gasteiger partial charge in [-0.05, 0) is 0 Å². The van der Waals surface area contributed by atoms with Crippen LogP contribution in [0.4, 0.5) is 5.82 Å². The average Bonchev–Trinajstić information content (AvgIpc) is 2.87. The zero-order valence-electron chi connectivity index (χ0n) is 14.8. The van der Waals surface area contributed by atoms with Crippen molar-refractivity contribution < 1.29 is 14.6 Å². The molecule has 6 nitrogen and oxygen atoms in total. The van der Waals surface area contributed by atoms with Crippen molar-refractivity contribution in [2.45, 2.75) is 64.5 Å². The third-order valence-electron chi connectivity index (χ3n) is 4.06. The van der Waals surface area contributed by atoms with Gasteiger partial charge in [0.05, 0.1) is 18.9 Å². The lowest BCUT2D eigenvalue weighted by atomic mass is 9.91. The summed E-state index contributed by atoms with van der Waals surface area (Å²) in [5, 5.41) is 9.99. The number of methoxy groups -OCH3 is 1. The molecule has 128 valence electrons. The van der Waals surface area contributed by atoms with Crippen LogP contribution in [0.25, 0.3) is 0 Å². The van der Waals surface area contributed by atoms with E-state index in [-0.39, 0.29) is 17.3 Å². The first-order valence-electron chi connectivity index (χ1n) is 8.05. The van der Waals surface area contributed by atoms with E-state index in [4.69, 9.17) is 4.74 Å². The summed E-state index contributed by atoms with van der Waals surface area (Å²) < 4.78 is 4.87. The van der Waals surface area contributed by atoms with E-state index in [1.807, 2.05) is 24.8 Å². The lowest BCUT2D eigenvalue weighted by Crippen LogP contribution is -2.38. The minimum absolute atomic E-state index is 0.125. The van der Waals surface area contributed by atoms with Crippen LogP contribution in [0.3, 0.4) is 0 Å². The number of β-amino-alcohol motifs (C(OH)–C–C–N with tert-alkyl or cyclic N) is 1. The fraction of sp³-hybridized carbons (Fsp3) is 0.706. The SMILES string of the molecule is COC(=O)[C@@H]1C[C@@H](O)CN1c1cc(C(C)(C)C)nc(C(C)C)n1. The van der Waals surface area contributed by atoms with Gasteiger partial charge in [0.15, 0.2) is 0 Å². The first kappa shape index (κ1) is 17.7. The number of hydrogen-bond acceptors (Lipinski definition) is 6. The molecule has 6 heteroatoms. The molecule has 1 aliphatic rings. The molecule has 0 aliphatic carbocycles. The van der Waals surface area contributed by atoms with E-state index in [0.717, 1.165) is 11.5 Å². The van der Waals surface area contributed by atoms with Crippen LogP contribution in [0.1, 0.15) is 58.5 Å². The number of carbonyl (C=O) groups is 1. The Kier molecular flexibility index (Phi) is 4.94. The molecular weight excluding hydrogens is 294 g/mol. The molecule has 2 atom stereocenters. The monoisotopic (exact) mass is 321 g/mol. The Balaban J connectivity index is 2.48. The first-order chi connectivity index (χ1) is 10.6. The van der Waals surface area contributed by atoms with Crippen LogP contribution in [0.5, 0.6) is 0 Å². The maximum Gasteiger partial charge on any atom is 0.328 e. The summed E-state index contributed by atoms with van der Waals surface area (Å²) in [6, 6.07) is 1.41. The highest BCUT2D eigenvalue weighted by atomic mass is 16.5. The number of nitrogens with zero attached hydrogens (tertiary/aromatic N) is 3. The van der Waals surface area contributed by atoms with Crippen molar-refractivity contribution in [1.29, 1.82) is 0 Å². The molecule has 0 radical (unpaired) electrons. The van der Waals surface area contributed by atoms with Crippen LogP contribution in [-0.2, 0) is 14.9 Å². The Morgan fingerprint density at radius 3 is 2.57 bits per heavy atom. The lowest BCUT2D eigenvalue weighted by Gasteiger charge is -2.27. The Hall–Kier alpha value is -1.69. The molecule has 0 saturated carbocycles. The van der Waals surface area contributed by atoms with Crippen molar-refractivity contribution in [2.75, 3.05) is 18.6 Å². The van der Waals surface area contributed by atoms with E-state index in [1.165, 1.54) is 7.11 Å². The van der Waals surface area contributed by atoms with Crippen LogP contribution in [-0.4, -0.2) is 46.8 Å². The summed E-state index contributed by atoms with van der Waals surface area (Å²) in [5.74, 6) is 1.27. The Bertz CT molecular complexity index is 581. The van der Waals surface area contributed by atoms with Crippen molar-refractivity contribution in [2.24, 2.45) is 0 Å². The van der Waals surface area contributed by atoms with E-state index in [2.05, 4.69) is 30.7 Å². The number of aromatic nitrogens is 2. The highest BCUT2D eigenvalue weighted by molar-refractivity contribution is 5.80. The second kappa shape index (κ2) is 6.43. The van der Waals surface area contributed by atoms with Gasteiger partial charge in [-0.25, -0.2) is 14.8 Å². The predicted molar refractivity (Wildman–Crippen MR) is 88.6 cm³/mol. The average molecular weight is 321 g/mol. The van der Waals surface area contributed by atoms with Crippen LogP contribution < -0.4 is 4.90 Å². The number of rotatable bonds is 3. The third-order valence-corrected chi connectivity index (χ3v) is 4.06. The molecule has 1 N–H and O–H groups in total. The van der Waals surface area contributed by atoms with Gasteiger partial charge < -0.3 is 14.7 Å². The summed E-state index contributed by atoms with van der Waals surface area (Å²) in [7, 11) is 1.37. The van der Waals surface area contributed by atoms with Crippen LogP contribution in [0.15, 0.2) is 6.07 Å². The molecule has 1 aromatic rings. The number of aliphatic hydroxyl groups excluding tert-OH is 1. The summed E-state index contributed by atoms with van der Waals surface area (Å²) in [6.07, 6.45) is -0.201. The fourth-order valence-electron chi connectivity index (χ4n) is 2.67. The molecule has 1 aromatic heterocycles. The van der Waals surface area contributed by atoms with Crippen LogP contribution >= 0.6 is 0 Å². The fourth-order valence-corrected chi connectivity index (χ4v) is 2.67. The molecule has 1 aliphatic heterocycles. The summed E-state index contributed by atoms with van der Waals surface area (Å²) in [4.78, 5) is 23.2. The van der Waals surface area contributed by atoms with Gasteiger partial charge in [-0.2, -0.15) is 0 Å². The summed E-state index contributed by atoms with van der Waals surface area (Å²) in [6.45, 7) is 10.8. The molecular formula is C17H27N3O3. The van der Waals surface area contributed by atoms with Gasteiger partial charge in [0.25, 0.3) is 0 Å².